The van der Waals surface area contributed by atoms with Gasteiger partial charge in [-0.15, -0.1) is 0 Å². The average Bonchev–Trinajstić information content (AvgIpc) is 2.49. The highest BCUT2D eigenvalue weighted by Crippen LogP contribution is 2.34. The fourth-order valence-electron chi connectivity index (χ4n) is 1.13. The minimum atomic E-state index is -0.541. The van der Waals surface area contributed by atoms with Crippen molar-refractivity contribution in [1.29, 1.82) is 0 Å². The molecule has 0 amide bonds. The van der Waals surface area contributed by atoms with Crippen LogP contribution in [0.1, 0.15) is 0 Å². The van der Waals surface area contributed by atoms with Crippen LogP contribution >= 0.6 is 23.2 Å². The standard InChI is InChI=1S/C9H5Cl2FN2O/c10-4-1-2-5(6(12)3-4)8-7(11)9(13)14-15-8/h1-3H,(H2,13,14). The fourth-order valence-corrected chi connectivity index (χ4v) is 1.46. The Morgan fingerprint density at radius 2 is 2.07 bits per heavy atom. The van der Waals surface area contributed by atoms with Crippen molar-refractivity contribution in [2.75, 3.05) is 5.73 Å². The maximum absolute atomic E-state index is 13.5. The lowest BCUT2D eigenvalue weighted by molar-refractivity contribution is 0.433. The van der Waals surface area contributed by atoms with E-state index in [4.69, 9.17) is 33.5 Å². The van der Waals surface area contributed by atoms with Crippen LogP contribution in [0.15, 0.2) is 22.7 Å². The highest BCUT2D eigenvalue weighted by molar-refractivity contribution is 6.35. The van der Waals surface area contributed by atoms with Gasteiger partial charge in [0.25, 0.3) is 0 Å². The molecule has 2 rings (SSSR count). The lowest BCUT2D eigenvalue weighted by atomic mass is 10.1. The third-order valence-corrected chi connectivity index (χ3v) is 2.44. The first-order valence-electron chi connectivity index (χ1n) is 3.95. The zero-order valence-electron chi connectivity index (χ0n) is 7.30. The van der Waals surface area contributed by atoms with E-state index < -0.39 is 5.82 Å². The lowest BCUT2D eigenvalue weighted by Crippen LogP contribution is -1.85. The van der Waals surface area contributed by atoms with Crippen molar-refractivity contribution < 1.29 is 8.91 Å². The number of aromatic nitrogens is 1. The van der Waals surface area contributed by atoms with Gasteiger partial charge in [0.15, 0.2) is 11.6 Å². The van der Waals surface area contributed by atoms with Crippen LogP contribution in [-0.2, 0) is 0 Å². The van der Waals surface area contributed by atoms with E-state index in [0.717, 1.165) is 6.07 Å². The van der Waals surface area contributed by atoms with Gasteiger partial charge in [-0.2, -0.15) is 0 Å². The van der Waals surface area contributed by atoms with Gasteiger partial charge in [-0.05, 0) is 18.2 Å². The highest BCUT2D eigenvalue weighted by Gasteiger charge is 2.17. The second kappa shape index (κ2) is 3.72. The zero-order chi connectivity index (χ0) is 11.0. The number of nitrogen functional groups attached to an aromatic ring is 1. The lowest BCUT2D eigenvalue weighted by Gasteiger charge is -1.99. The molecule has 0 atom stereocenters. The van der Waals surface area contributed by atoms with E-state index in [9.17, 15) is 4.39 Å². The van der Waals surface area contributed by atoms with Gasteiger partial charge in [-0.3, -0.25) is 0 Å². The average molecular weight is 247 g/mol. The van der Waals surface area contributed by atoms with Gasteiger partial charge in [0.05, 0.1) is 5.56 Å². The smallest absolute Gasteiger partial charge is 0.190 e. The Balaban J connectivity index is 2.59. The molecule has 15 heavy (non-hydrogen) atoms. The van der Waals surface area contributed by atoms with E-state index >= 15 is 0 Å². The summed E-state index contributed by atoms with van der Waals surface area (Å²) in [6.45, 7) is 0. The van der Waals surface area contributed by atoms with Crippen molar-refractivity contribution in [3.05, 3.63) is 34.1 Å². The Kier molecular flexibility index (Phi) is 2.54. The predicted molar refractivity (Wildman–Crippen MR) is 56.3 cm³/mol. The van der Waals surface area contributed by atoms with Crippen molar-refractivity contribution in [3.8, 4) is 11.3 Å². The normalized spacial score (nSPS) is 10.6. The first kappa shape index (κ1) is 10.3. The minimum Gasteiger partial charge on any atom is -0.380 e. The second-order valence-electron chi connectivity index (χ2n) is 2.84. The fraction of sp³-hybridized carbons (Fsp3) is 0. The molecule has 0 spiro atoms. The molecular weight excluding hydrogens is 242 g/mol. The Morgan fingerprint density at radius 3 is 2.60 bits per heavy atom. The van der Waals surface area contributed by atoms with Crippen LogP contribution in [0, 0.1) is 5.82 Å². The van der Waals surface area contributed by atoms with Gasteiger partial charge < -0.3 is 10.3 Å². The van der Waals surface area contributed by atoms with Gasteiger partial charge >= 0.3 is 0 Å². The molecule has 0 bridgehead atoms. The highest BCUT2D eigenvalue weighted by atomic mass is 35.5. The monoisotopic (exact) mass is 246 g/mol. The molecule has 0 aliphatic rings. The van der Waals surface area contributed by atoms with Crippen LogP contribution in [0.2, 0.25) is 10.0 Å². The zero-order valence-corrected chi connectivity index (χ0v) is 8.81. The molecule has 1 aromatic heterocycles. The van der Waals surface area contributed by atoms with Crippen molar-refractivity contribution in [2.45, 2.75) is 0 Å². The molecule has 0 fully saturated rings. The number of benzene rings is 1. The number of anilines is 1. The maximum atomic E-state index is 13.5. The quantitative estimate of drug-likeness (QED) is 0.840. The van der Waals surface area contributed by atoms with Crippen molar-refractivity contribution in [1.82, 2.24) is 5.16 Å². The molecule has 1 heterocycles. The molecule has 78 valence electrons. The van der Waals surface area contributed by atoms with Crippen LogP contribution in [0.25, 0.3) is 11.3 Å². The Labute approximate surface area is 94.6 Å². The Morgan fingerprint density at radius 1 is 1.33 bits per heavy atom. The molecule has 0 radical (unpaired) electrons. The summed E-state index contributed by atoms with van der Waals surface area (Å²) < 4.78 is 18.3. The van der Waals surface area contributed by atoms with Gasteiger partial charge in [0.1, 0.15) is 10.8 Å². The molecule has 0 saturated heterocycles. The summed E-state index contributed by atoms with van der Waals surface area (Å²) in [5.74, 6) is -0.412. The summed E-state index contributed by atoms with van der Waals surface area (Å²) in [6, 6.07) is 4.13. The molecule has 0 aliphatic heterocycles. The number of hydrogen-bond donors (Lipinski definition) is 1. The maximum Gasteiger partial charge on any atom is 0.190 e. The van der Waals surface area contributed by atoms with Crippen LogP contribution in [0.3, 0.4) is 0 Å². The van der Waals surface area contributed by atoms with Gasteiger partial charge in [0.2, 0.25) is 0 Å². The van der Waals surface area contributed by atoms with E-state index in [1.54, 1.807) is 0 Å². The first-order chi connectivity index (χ1) is 7.09. The summed E-state index contributed by atoms with van der Waals surface area (Å²) in [5.41, 5.74) is 5.55. The summed E-state index contributed by atoms with van der Waals surface area (Å²) in [6.07, 6.45) is 0. The molecule has 2 aromatic rings. The van der Waals surface area contributed by atoms with Gasteiger partial charge in [-0.1, -0.05) is 28.4 Å². The number of rotatable bonds is 1. The summed E-state index contributed by atoms with van der Waals surface area (Å²) in [5, 5.41) is 3.81. The van der Waals surface area contributed by atoms with Crippen LogP contribution < -0.4 is 5.73 Å². The number of nitrogens with two attached hydrogens (primary N) is 1. The molecular formula is C9H5Cl2FN2O. The molecule has 3 nitrogen and oxygen atoms in total. The van der Waals surface area contributed by atoms with Crippen molar-refractivity contribution >= 4 is 29.0 Å². The van der Waals surface area contributed by atoms with E-state index in [2.05, 4.69) is 5.16 Å². The van der Waals surface area contributed by atoms with Crippen LogP contribution in [-0.4, -0.2) is 5.16 Å². The van der Waals surface area contributed by atoms with Gasteiger partial charge in [-0.25, -0.2) is 4.39 Å². The summed E-state index contributed by atoms with van der Waals surface area (Å²) >= 11 is 11.4. The van der Waals surface area contributed by atoms with Crippen LogP contribution in [0.5, 0.6) is 0 Å². The van der Waals surface area contributed by atoms with Gasteiger partial charge in [0, 0.05) is 5.02 Å². The largest absolute Gasteiger partial charge is 0.380 e. The number of nitrogens with zero attached hydrogens (tertiary/aromatic N) is 1. The molecule has 6 heteroatoms. The third-order valence-electron chi connectivity index (χ3n) is 1.84. The molecule has 0 saturated carbocycles. The van der Waals surface area contributed by atoms with E-state index in [-0.39, 0.29) is 22.2 Å². The number of halogens is 3. The summed E-state index contributed by atoms with van der Waals surface area (Å²) in [7, 11) is 0. The Hall–Kier alpha value is -1.26. The molecule has 0 unspecified atom stereocenters. The molecule has 0 aliphatic carbocycles. The summed E-state index contributed by atoms with van der Waals surface area (Å²) in [4.78, 5) is 0. The van der Waals surface area contributed by atoms with E-state index in [1.807, 2.05) is 0 Å². The molecule has 2 N–H and O–H groups in total. The predicted octanol–water partition coefficient (Wildman–Crippen LogP) is 3.37. The Bertz CT molecular complexity index is 513. The first-order valence-corrected chi connectivity index (χ1v) is 4.71. The third kappa shape index (κ3) is 1.78. The minimum absolute atomic E-state index is 0.0287. The SMILES string of the molecule is Nc1noc(-c2ccc(Cl)cc2F)c1Cl. The van der Waals surface area contributed by atoms with Crippen LogP contribution in [0.4, 0.5) is 10.2 Å². The van der Waals surface area contributed by atoms with Crippen molar-refractivity contribution in [2.24, 2.45) is 0 Å². The molecule has 1 aromatic carbocycles. The number of hydrogen-bond acceptors (Lipinski definition) is 3. The second-order valence-corrected chi connectivity index (χ2v) is 3.65. The topological polar surface area (TPSA) is 52.0 Å². The van der Waals surface area contributed by atoms with E-state index in [0.29, 0.717) is 5.02 Å². The van der Waals surface area contributed by atoms with E-state index in [1.165, 1.54) is 12.1 Å². The van der Waals surface area contributed by atoms with Crippen molar-refractivity contribution in [3.63, 3.8) is 0 Å².